The number of hydrogen-bond donors (Lipinski definition) is 0. The Morgan fingerprint density at radius 2 is 1.78 bits per heavy atom. The molecule has 0 aromatic heterocycles. The minimum Gasteiger partial charge on any atom is -0.338 e. The van der Waals surface area contributed by atoms with Gasteiger partial charge in [0.1, 0.15) is 5.82 Å². The SMILES string of the molecule is CS(=O)(=O)N(CCCC(=O)N1CCc2ccccc2C1)c1ccccc1F. The molecule has 0 aliphatic carbocycles. The van der Waals surface area contributed by atoms with E-state index in [2.05, 4.69) is 6.07 Å². The van der Waals surface area contributed by atoms with E-state index in [9.17, 15) is 17.6 Å². The number of fused-ring (bicyclic) bond motifs is 1. The average Bonchev–Trinajstić information content (AvgIpc) is 2.64. The number of rotatable bonds is 6. The van der Waals surface area contributed by atoms with Crippen LogP contribution in [-0.4, -0.2) is 38.6 Å². The van der Waals surface area contributed by atoms with Crippen LogP contribution in [0.5, 0.6) is 0 Å². The lowest BCUT2D eigenvalue weighted by molar-refractivity contribution is -0.132. The molecular weight excluding hydrogens is 367 g/mol. The zero-order valence-corrected chi connectivity index (χ0v) is 16.1. The van der Waals surface area contributed by atoms with Crippen molar-refractivity contribution < 1.29 is 17.6 Å². The van der Waals surface area contributed by atoms with Gasteiger partial charge in [-0.15, -0.1) is 0 Å². The fourth-order valence-electron chi connectivity index (χ4n) is 3.36. The topological polar surface area (TPSA) is 57.7 Å². The summed E-state index contributed by atoms with van der Waals surface area (Å²) in [7, 11) is -3.63. The Balaban J connectivity index is 1.61. The van der Waals surface area contributed by atoms with Crippen LogP contribution in [0, 0.1) is 5.82 Å². The summed E-state index contributed by atoms with van der Waals surface area (Å²) in [6.45, 7) is 1.31. The third kappa shape index (κ3) is 4.66. The van der Waals surface area contributed by atoms with E-state index in [4.69, 9.17) is 0 Å². The summed E-state index contributed by atoms with van der Waals surface area (Å²) in [5.41, 5.74) is 2.44. The molecule has 5 nitrogen and oxygen atoms in total. The van der Waals surface area contributed by atoms with Gasteiger partial charge < -0.3 is 4.90 Å². The van der Waals surface area contributed by atoms with E-state index in [1.54, 1.807) is 11.0 Å². The van der Waals surface area contributed by atoms with Crippen molar-refractivity contribution in [3.8, 4) is 0 Å². The van der Waals surface area contributed by atoms with E-state index < -0.39 is 15.8 Å². The van der Waals surface area contributed by atoms with Crippen molar-refractivity contribution in [3.05, 3.63) is 65.5 Å². The summed E-state index contributed by atoms with van der Waals surface area (Å²) < 4.78 is 39.2. The van der Waals surface area contributed by atoms with Crippen molar-refractivity contribution in [3.63, 3.8) is 0 Å². The van der Waals surface area contributed by atoms with E-state index in [1.807, 2.05) is 18.2 Å². The summed E-state index contributed by atoms with van der Waals surface area (Å²) in [5.74, 6) is -0.603. The Morgan fingerprint density at radius 1 is 1.11 bits per heavy atom. The van der Waals surface area contributed by atoms with Gasteiger partial charge in [-0.3, -0.25) is 9.10 Å². The summed E-state index contributed by atoms with van der Waals surface area (Å²) in [4.78, 5) is 14.3. The van der Waals surface area contributed by atoms with E-state index in [1.165, 1.54) is 23.8 Å². The van der Waals surface area contributed by atoms with Crippen LogP contribution >= 0.6 is 0 Å². The van der Waals surface area contributed by atoms with Crippen LogP contribution in [0.1, 0.15) is 24.0 Å². The first-order valence-corrected chi connectivity index (χ1v) is 10.8. The van der Waals surface area contributed by atoms with E-state index in [0.717, 1.165) is 22.5 Å². The number of benzene rings is 2. The maximum atomic E-state index is 14.0. The van der Waals surface area contributed by atoms with Crippen LogP contribution in [0.2, 0.25) is 0 Å². The molecule has 1 amide bonds. The molecule has 27 heavy (non-hydrogen) atoms. The van der Waals surface area contributed by atoms with Crippen LogP contribution < -0.4 is 4.31 Å². The molecule has 0 atom stereocenters. The number of hydrogen-bond acceptors (Lipinski definition) is 3. The molecule has 1 aliphatic heterocycles. The molecule has 7 heteroatoms. The van der Waals surface area contributed by atoms with Gasteiger partial charge in [-0.1, -0.05) is 36.4 Å². The first kappa shape index (κ1) is 19.4. The average molecular weight is 390 g/mol. The number of amides is 1. The molecule has 0 fully saturated rings. The van der Waals surface area contributed by atoms with Gasteiger partial charge in [-0.2, -0.15) is 0 Å². The second-order valence-corrected chi connectivity index (χ2v) is 8.63. The Morgan fingerprint density at radius 3 is 2.48 bits per heavy atom. The summed E-state index contributed by atoms with van der Waals surface area (Å²) in [5, 5.41) is 0. The molecule has 0 N–H and O–H groups in total. The van der Waals surface area contributed by atoms with Gasteiger partial charge in [-0.05, 0) is 36.1 Å². The normalized spacial score (nSPS) is 13.9. The lowest BCUT2D eigenvalue weighted by Crippen LogP contribution is -2.37. The number of nitrogens with zero attached hydrogens (tertiary/aromatic N) is 2. The third-order valence-electron chi connectivity index (χ3n) is 4.76. The highest BCUT2D eigenvalue weighted by Crippen LogP contribution is 2.23. The highest BCUT2D eigenvalue weighted by Gasteiger charge is 2.23. The predicted octanol–water partition coefficient (Wildman–Crippen LogP) is 2.96. The maximum Gasteiger partial charge on any atom is 0.232 e. The zero-order valence-electron chi connectivity index (χ0n) is 15.3. The minimum absolute atomic E-state index is 0.00788. The van der Waals surface area contributed by atoms with Crippen molar-refractivity contribution in [2.75, 3.05) is 23.7 Å². The summed E-state index contributed by atoms with van der Waals surface area (Å²) >= 11 is 0. The Labute approximate surface area is 159 Å². The molecule has 0 saturated carbocycles. The molecular formula is C20H23FN2O3S. The van der Waals surface area contributed by atoms with Crippen LogP contribution in [-0.2, 0) is 27.8 Å². The highest BCUT2D eigenvalue weighted by molar-refractivity contribution is 7.92. The van der Waals surface area contributed by atoms with Crippen LogP contribution in [0.15, 0.2) is 48.5 Å². The number of halogens is 1. The van der Waals surface area contributed by atoms with Crippen LogP contribution in [0.3, 0.4) is 0 Å². The lowest BCUT2D eigenvalue weighted by Gasteiger charge is -2.29. The predicted molar refractivity (Wildman–Crippen MR) is 103 cm³/mol. The van der Waals surface area contributed by atoms with Gasteiger partial charge in [0, 0.05) is 26.1 Å². The minimum atomic E-state index is -3.63. The molecule has 2 aromatic carbocycles. The molecule has 1 heterocycles. The van der Waals surface area contributed by atoms with Crippen molar-refractivity contribution >= 4 is 21.6 Å². The summed E-state index contributed by atoms with van der Waals surface area (Å²) in [6.07, 6.45) is 2.43. The van der Waals surface area contributed by atoms with Crippen LogP contribution in [0.4, 0.5) is 10.1 Å². The molecule has 0 radical (unpaired) electrons. The highest BCUT2D eigenvalue weighted by atomic mass is 32.2. The van der Waals surface area contributed by atoms with Crippen molar-refractivity contribution in [2.45, 2.75) is 25.8 Å². The molecule has 0 unspecified atom stereocenters. The number of sulfonamides is 1. The monoisotopic (exact) mass is 390 g/mol. The fraction of sp³-hybridized carbons (Fsp3) is 0.350. The van der Waals surface area contributed by atoms with Gasteiger partial charge in [0.05, 0.1) is 11.9 Å². The standard InChI is InChI=1S/C20H23FN2O3S/c1-27(25,26)23(19-10-5-4-9-18(19)21)13-6-11-20(24)22-14-12-16-7-2-3-8-17(16)15-22/h2-5,7-10H,6,11-15H2,1H3. The van der Waals surface area contributed by atoms with Gasteiger partial charge in [-0.25, -0.2) is 12.8 Å². The number of para-hydroxylation sites is 1. The number of anilines is 1. The zero-order chi connectivity index (χ0) is 19.4. The molecule has 144 valence electrons. The number of carbonyl (C=O) groups excluding carboxylic acids is 1. The van der Waals surface area contributed by atoms with E-state index in [-0.39, 0.29) is 24.6 Å². The fourth-order valence-corrected chi connectivity index (χ4v) is 4.33. The lowest BCUT2D eigenvalue weighted by atomic mass is 9.99. The third-order valence-corrected chi connectivity index (χ3v) is 5.94. The van der Waals surface area contributed by atoms with Gasteiger partial charge in [0.25, 0.3) is 0 Å². The van der Waals surface area contributed by atoms with Crippen molar-refractivity contribution in [1.82, 2.24) is 4.90 Å². The molecule has 1 aliphatic rings. The second kappa shape index (κ2) is 8.08. The quantitative estimate of drug-likeness (QED) is 0.762. The smallest absolute Gasteiger partial charge is 0.232 e. The van der Waals surface area contributed by atoms with Crippen molar-refractivity contribution in [2.24, 2.45) is 0 Å². The largest absolute Gasteiger partial charge is 0.338 e. The molecule has 2 aromatic rings. The summed E-state index contributed by atoms with van der Waals surface area (Å²) in [6, 6.07) is 13.8. The Bertz CT molecular complexity index is 930. The van der Waals surface area contributed by atoms with Crippen LogP contribution in [0.25, 0.3) is 0 Å². The Hall–Kier alpha value is -2.41. The first-order chi connectivity index (χ1) is 12.9. The van der Waals surface area contributed by atoms with E-state index in [0.29, 0.717) is 19.5 Å². The first-order valence-electron chi connectivity index (χ1n) is 8.93. The molecule has 3 rings (SSSR count). The van der Waals surface area contributed by atoms with Crippen molar-refractivity contribution in [1.29, 1.82) is 0 Å². The molecule has 0 saturated heterocycles. The molecule has 0 bridgehead atoms. The molecule has 0 spiro atoms. The van der Waals surface area contributed by atoms with Gasteiger partial charge in [0.15, 0.2) is 0 Å². The van der Waals surface area contributed by atoms with Gasteiger partial charge >= 0.3 is 0 Å². The maximum absolute atomic E-state index is 14.0. The van der Waals surface area contributed by atoms with E-state index >= 15 is 0 Å². The Kier molecular flexibility index (Phi) is 5.79. The second-order valence-electron chi connectivity index (χ2n) is 6.72. The van der Waals surface area contributed by atoms with Gasteiger partial charge in [0.2, 0.25) is 15.9 Å². The number of carbonyl (C=O) groups is 1.